The second kappa shape index (κ2) is 6.80. The molecule has 0 fully saturated rings. The summed E-state index contributed by atoms with van der Waals surface area (Å²) in [5.74, 6) is -0.516. The maximum absolute atomic E-state index is 14.0. The third-order valence-corrected chi connectivity index (χ3v) is 3.90. The lowest BCUT2D eigenvalue weighted by atomic mass is 10.1. The Hall–Kier alpha value is -3.09. The molecule has 0 bridgehead atoms. The fraction of sp³-hybridized carbons (Fsp3) is 0.222. The van der Waals surface area contributed by atoms with Gasteiger partial charge in [0, 0.05) is 6.07 Å². The lowest BCUT2D eigenvalue weighted by Crippen LogP contribution is -2.28. The average Bonchev–Trinajstić information content (AvgIpc) is 2.60. The first kappa shape index (κ1) is 16.8. The maximum atomic E-state index is 14.0. The number of halogens is 1. The van der Waals surface area contributed by atoms with Crippen LogP contribution in [0.5, 0.6) is 11.5 Å². The summed E-state index contributed by atoms with van der Waals surface area (Å²) in [6.45, 7) is 1.75. The summed E-state index contributed by atoms with van der Waals surface area (Å²) in [5, 5.41) is 5.45. The van der Waals surface area contributed by atoms with Gasteiger partial charge in [-0.2, -0.15) is 0 Å². The second-order valence-electron chi connectivity index (χ2n) is 5.63. The Morgan fingerprint density at radius 3 is 2.84 bits per heavy atom. The Morgan fingerprint density at radius 2 is 2.12 bits per heavy atom. The highest BCUT2D eigenvalue weighted by Crippen LogP contribution is 2.30. The number of carbonyl (C=O) groups is 2. The first-order chi connectivity index (χ1) is 12.0. The molecule has 1 atom stereocenters. The van der Waals surface area contributed by atoms with Gasteiger partial charge >= 0.3 is 0 Å². The topological polar surface area (TPSA) is 76.7 Å². The monoisotopic (exact) mass is 344 g/mol. The molecule has 2 amide bonds. The molecule has 3 rings (SSSR count). The first-order valence-corrected chi connectivity index (χ1v) is 7.69. The van der Waals surface area contributed by atoms with E-state index in [4.69, 9.17) is 9.47 Å². The van der Waals surface area contributed by atoms with Crippen LogP contribution < -0.4 is 20.1 Å². The van der Waals surface area contributed by atoms with Crippen LogP contribution in [-0.2, 0) is 4.79 Å². The molecule has 0 aromatic heterocycles. The molecular weight excluding hydrogens is 327 g/mol. The van der Waals surface area contributed by atoms with Gasteiger partial charge in [0.2, 0.25) is 0 Å². The summed E-state index contributed by atoms with van der Waals surface area (Å²) in [7, 11) is 1.43. The number of methoxy groups -OCH3 is 1. The molecule has 130 valence electrons. The van der Waals surface area contributed by atoms with Gasteiger partial charge < -0.3 is 20.1 Å². The van der Waals surface area contributed by atoms with Crippen LogP contribution in [0, 0.1) is 5.82 Å². The highest BCUT2D eigenvalue weighted by atomic mass is 19.1. The van der Waals surface area contributed by atoms with Crippen LogP contribution in [0.3, 0.4) is 0 Å². The molecule has 0 saturated heterocycles. The third kappa shape index (κ3) is 3.55. The molecule has 0 radical (unpaired) electrons. The van der Waals surface area contributed by atoms with Gasteiger partial charge in [-0.3, -0.25) is 9.59 Å². The lowest BCUT2D eigenvalue weighted by Gasteiger charge is -2.21. The molecule has 1 aliphatic rings. The molecule has 7 heteroatoms. The fourth-order valence-electron chi connectivity index (χ4n) is 2.53. The Labute approximate surface area is 143 Å². The summed E-state index contributed by atoms with van der Waals surface area (Å²) in [5.41, 5.74) is 1.24. The average molecular weight is 344 g/mol. The Kier molecular flexibility index (Phi) is 4.56. The molecule has 1 unspecified atom stereocenters. The van der Waals surface area contributed by atoms with Crippen molar-refractivity contribution >= 4 is 17.5 Å². The predicted octanol–water partition coefficient (Wildman–Crippen LogP) is 2.66. The largest absolute Gasteiger partial charge is 0.497 e. The van der Waals surface area contributed by atoms with Crippen LogP contribution in [0.15, 0.2) is 36.4 Å². The summed E-state index contributed by atoms with van der Waals surface area (Å²) in [4.78, 5) is 23.7. The van der Waals surface area contributed by atoms with E-state index in [1.807, 2.05) is 0 Å². The molecule has 2 N–H and O–H groups in total. The van der Waals surface area contributed by atoms with Crippen molar-refractivity contribution in [3.8, 4) is 11.5 Å². The predicted molar refractivity (Wildman–Crippen MR) is 89.4 cm³/mol. The van der Waals surface area contributed by atoms with Gasteiger partial charge in [0.1, 0.15) is 17.3 Å². The molecule has 25 heavy (non-hydrogen) atoms. The van der Waals surface area contributed by atoms with Crippen molar-refractivity contribution in [2.45, 2.75) is 13.0 Å². The van der Waals surface area contributed by atoms with Crippen molar-refractivity contribution in [2.24, 2.45) is 0 Å². The number of hydrogen-bond donors (Lipinski definition) is 2. The normalized spacial score (nSPS) is 14.0. The van der Waals surface area contributed by atoms with Crippen LogP contribution in [0.4, 0.5) is 10.1 Å². The quantitative estimate of drug-likeness (QED) is 0.894. The van der Waals surface area contributed by atoms with E-state index in [0.29, 0.717) is 17.2 Å². The van der Waals surface area contributed by atoms with E-state index in [1.165, 1.54) is 19.2 Å². The number of nitrogens with one attached hydrogen (secondary N) is 2. The zero-order chi connectivity index (χ0) is 18.0. The molecule has 2 aromatic carbocycles. The molecule has 2 aromatic rings. The first-order valence-electron chi connectivity index (χ1n) is 7.69. The number of fused-ring (bicyclic) bond motifs is 1. The zero-order valence-corrected chi connectivity index (χ0v) is 13.8. The van der Waals surface area contributed by atoms with E-state index in [0.717, 1.165) is 11.6 Å². The van der Waals surface area contributed by atoms with E-state index in [1.54, 1.807) is 25.1 Å². The summed E-state index contributed by atoms with van der Waals surface area (Å²) >= 11 is 0. The smallest absolute Gasteiger partial charge is 0.262 e. The number of hydrogen-bond acceptors (Lipinski definition) is 4. The van der Waals surface area contributed by atoms with Gasteiger partial charge in [0.25, 0.3) is 11.8 Å². The van der Waals surface area contributed by atoms with E-state index in [2.05, 4.69) is 10.6 Å². The standard InChI is InChI=1S/C18H17FN2O4/c1-10(11-3-6-16-15(7-11)21-17(22)9-25-16)20-18(23)13-5-4-12(24-2)8-14(13)19/h3-8,10H,9H2,1-2H3,(H,20,23)(H,21,22). The van der Waals surface area contributed by atoms with Gasteiger partial charge in [-0.05, 0) is 36.8 Å². The zero-order valence-electron chi connectivity index (χ0n) is 13.8. The highest BCUT2D eigenvalue weighted by molar-refractivity contribution is 5.96. The van der Waals surface area contributed by atoms with Crippen LogP contribution in [0.2, 0.25) is 0 Å². The molecule has 6 nitrogen and oxygen atoms in total. The van der Waals surface area contributed by atoms with Crippen molar-refractivity contribution in [3.63, 3.8) is 0 Å². The van der Waals surface area contributed by atoms with Gasteiger partial charge in [0.15, 0.2) is 6.61 Å². The molecule has 0 aliphatic carbocycles. The summed E-state index contributed by atoms with van der Waals surface area (Å²) < 4.78 is 24.2. The molecule has 1 aliphatic heterocycles. The van der Waals surface area contributed by atoms with Crippen molar-refractivity contribution in [1.29, 1.82) is 0 Å². The van der Waals surface area contributed by atoms with Crippen LogP contribution in [0.25, 0.3) is 0 Å². The van der Waals surface area contributed by atoms with E-state index < -0.39 is 17.8 Å². The summed E-state index contributed by atoms with van der Waals surface area (Å²) in [6, 6.07) is 8.89. The van der Waals surface area contributed by atoms with Crippen LogP contribution in [0.1, 0.15) is 28.9 Å². The van der Waals surface area contributed by atoms with Crippen LogP contribution in [-0.4, -0.2) is 25.5 Å². The SMILES string of the molecule is COc1ccc(C(=O)NC(C)c2ccc3c(c2)NC(=O)CO3)c(F)c1. The van der Waals surface area contributed by atoms with E-state index >= 15 is 0 Å². The van der Waals surface area contributed by atoms with Crippen molar-refractivity contribution in [1.82, 2.24) is 5.32 Å². The van der Waals surface area contributed by atoms with Gasteiger partial charge in [-0.25, -0.2) is 4.39 Å². The number of benzene rings is 2. The number of ether oxygens (including phenoxy) is 2. The van der Waals surface area contributed by atoms with Crippen molar-refractivity contribution < 1.29 is 23.5 Å². The Morgan fingerprint density at radius 1 is 1.32 bits per heavy atom. The van der Waals surface area contributed by atoms with Gasteiger partial charge in [0.05, 0.1) is 24.4 Å². The van der Waals surface area contributed by atoms with Crippen molar-refractivity contribution in [2.75, 3.05) is 19.0 Å². The highest BCUT2D eigenvalue weighted by Gasteiger charge is 2.19. The minimum atomic E-state index is -0.657. The number of carbonyl (C=O) groups excluding carboxylic acids is 2. The van der Waals surface area contributed by atoms with Crippen molar-refractivity contribution in [3.05, 3.63) is 53.3 Å². The maximum Gasteiger partial charge on any atom is 0.262 e. The summed E-state index contributed by atoms with van der Waals surface area (Å²) in [6.07, 6.45) is 0. The molecular formula is C18H17FN2O4. The Balaban J connectivity index is 1.76. The number of anilines is 1. The molecule has 0 saturated carbocycles. The van der Waals surface area contributed by atoms with E-state index in [-0.39, 0.29) is 18.1 Å². The number of rotatable bonds is 4. The second-order valence-corrected chi connectivity index (χ2v) is 5.63. The molecule has 1 heterocycles. The third-order valence-electron chi connectivity index (χ3n) is 3.90. The minimum Gasteiger partial charge on any atom is -0.497 e. The van der Waals surface area contributed by atoms with Crippen LogP contribution >= 0.6 is 0 Å². The Bertz CT molecular complexity index is 838. The minimum absolute atomic E-state index is 0.0185. The molecule has 0 spiro atoms. The number of amides is 2. The fourth-order valence-corrected chi connectivity index (χ4v) is 2.53. The lowest BCUT2D eigenvalue weighted by molar-refractivity contribution is -0.118. The van der Waals surface area contributed by atoms with Gasteiger partial charge in [-0.1, -0.05) is 6.07 Å². The van der Waals surface area contributed by atoms with Gasteiger partial charge in [-0.15, -0.1) is 0 Å². The van der Waals surface area contributed by atoms with E-state index in [9.17, 15) is 14.0 Å².